The second kappa shape index (κ2) is 3.75. The van der Waals surface area contributed by atoms with E-state index < -0.39 is 0 Å². The molecule has 1 rings (SSSR count). The van der Waals surface area contributed by atoms with Crippen LogP contribution >= 0.6 is 12.4 Å². The van der Waals surface area contributed by atoms with Crippen LogP contribution in [0.25, 0.3) is 0 Å². The van der Waals surface area contributed by atoms with Gasteiger partial charge in [0.1, 0.15) is 0 Å². The van der Waals surface area contributed by atoms with Gasteiger partial charge in [0.15, 0.2) is 0 Å². The van der Waals surface area contributed by atoms with Crippen molar-refractivity contribution in [1.82, 2.24) is 5.32 Å². The van der Waals surface area contributed by atoms with Crippen LogP contribution in [0.4, 0.5) is 0 Å². The molecule has 8 heavy (non-hydrogen) atoms. The molecule has 0 aromatic rings. The van der Waals surface area contributed by atoms with E-state index in [1.165, 1.54) is 0 Å². The fourth-order valence-electron chi connectivity index (χ4n) is 0.665. The third-order valence-electron chi connectivity index (χ3n) is 1.06. The van der Waals surface area contributed by atoms with E-state index in [0.717, 1.165) is 25.2 Å². The zero-order valence-corrected chi connectivity index (χ0v) is 5.50. The summed E-state index contributed by atoms with van der Waals surface area (Å²) in [5.74, 6) is 0. The van der Waals surface area contributed by atoms with E-state index >= 15 is 0 Å². The van der Waals surface area contributed by atoms with E-state index in [1.54, 1.807) is 0 Å². The van der Waals surface area contributed by atoms with Gasteiger partial charge in [-0.1, -0.05) is 6.08 Å². The number of rotatable bonds is 0. The van der Waals surface area contributed by atoms with Crippen LogP contribution in [0.2, 0.25) is 0 Å². The highest BCUT2D eigenvalue weighted by atomic mass is 35.5. The Labute approximate surface area is 55.5 Å². The van der Waals surface area contributed by atoms with E-state index in [2.05, 4.69) is 11.4 Å². The quantitative estimate of drug-likeness (QED) is 0.498. The van der Waals surface area contributed by atoms with Crippen molar-refractivity contribution >= 4 is 12.4 Å². The highest BCUT2D eigenvalue weighted by Crippen LogP contribution is 1.91. The summed E-state index contributed by atoms with van der Waals surface area (Å²) >= 11 is 0. The molecule has 0 bridgehead atoms. The van der Waals surface area contributed by atoms with Gasteiger partial charge in [-0.2, -0.15) is 0 Å². The zero-order valence-electron chi connectivity index (χ0n) is 4.68. The van der Waals surface area contributed by atoms with Crippen LogP contribution in [-0.4, -0.2) is 13.1 Å². The van der Waals surface area contributed by atoms with Crippen molar-refractivity contribution in [3.05, 3.63) is 11.8 Å². The van der Waals surface area contributed by atoms with Crippen LogP contribution in [0.15, 0.2) is 11.8 Å². The lowest BCUT2D eigenvalue weighted by atomic mass is 10.2. The molecule has 0 spiro atoms. The Morgan fingerprint density at radius 3 is 2.62 bits per heavy atom. The Kier molecular flexibility index (Phi) is 3.65. The maximum Gasteiger partial charge on any atom is 0.0348 e. The number of nitrogens with two attached hydrogens (primary N) is 1. The minimum atomic E-state index is 0. The first-order chi connectivity index (χ1) is 3.39. The van der Waals surface area contributed by atoms with Crippen LogP contribution in [0.1, 0.15) is 6.42 Å². The highest BCUT2D eigenvalue weighted by molar-refractivity contribution is 5.85. The Morgan fingerprint density at radius 1 is 1.62 bits per heavy atom. The summed E-state index contributed by atoms with van der Waals surface area (Å²) in [6.45, 7) is 1.96. The van der Waals surface area contributed by atoms with Gasteiger partial charge in [0.2, 0.25) is 0 Å². The average Bonchev–Trinajstić information content (AvgIpc) is 1.69. The number of nitrogens with one attached hydrogen (secondary N) is 1. The molecule has 0 fully saturated rings. The van der Waals surface area contributed by atoms with E-state index in [1.807, 2.05) is 0 Å². The van der Waals surface area contributed by atoms with Crippen molar-refractivity contribution in [2.24, 2.45) is 5.73 Å². The Bertz CT molecular complexity index is 90.4. The van der Waals surface area contributed by atoms with Crippen molar-refractivity contribution in [1.29, 1.82) is 0 Å². The smallest absolute Gasteiger partial charge is 0.0348 e. The number of hydrogen-bond acceptors (Lipinski definition) is 2. The molecule has 0 aliphatic carbocycles. The molecule has 0 saturated heterocycles. The number of hydrogen-bond donors (Lipinski definition) is 2. The lowest BCUT2D eigenvalue weighted by Gasteiger charge is -2.08. The molecule has 0 atom stereocenters. The van der Waals surface area contributed by atoms with Crippen molar-refractivity contribution < 1.29 is 0 Å². The summed E-state index contributed by atoms with van der Waals surface area (Å²) in [6.07, 6.45) is 3.16. The largest absolute Gasteiger partial charge is 0.401 e. The van der Waals surface area contributed by atoms with Crippen LogP contribution in [0, 0.1) is 0 Å². The summed E-state index contributed by atoms with van der Waals surface area (Å²) < 4.78 is 0. The normalized spacial score (nSPS) is 18.8. The van der Waals surface area contributed by atoms with Gasteiger partial charge in [0.05, 0.1) is 0 Å². The molecule has 3 heteroatoms. The van der Waals surface area contributed by atoms with Gasteiger partial charge in [0, 0.05) is 12.2 Å². The van der Waals surface area contributed by atoms with Gasteiger partial charge in [0.25, 0.3) is 0 Å². The monoisotopic (exact) mass is 134 g/mol. The van der Waals surface area contributed by atoms with Crippen LogP contribution < -0.4 is 11.1 Å². The number of halogens is 1. The van der Waals surface area contributed by atoms with Crippen LogP contribution in [0.3, 0.4) is 0 Å². The van der Waals surface area contributed by atoms with E-state index in [0.29, 0.717) is 0 Å². The lowest BCUT2D eigenvalue weighted by Crippen LogP contribution is -2.25. The molecule has 1 heterocycles. The second-order valence-corrected chi connectivity index (χ2v) is 1.74. The maximum absolute atomic E-state index is 5.43. The van der Waals surface area contributed by atoms with Crippen LogP contribution in [-0.2, 0) is 0 Å². The third-order valence-corrected chi connectivity index (χ3v) is 1.06. The van der Waals surface area contributed by atoms with E-state index in [-0.39, 0.29) is 12.4 Å². The zero-order chi connectivity index (χ0) is 5.11. The topological polar surface area (TPSA) is 38.0 Å². The van der Waals surface area contributed by atoms with Gasteiger partial charge < -0.3 is 11.1 Å². The van der Waals surface area contributed by atoms with E-state index in [9.17, 15) is 0 Å². The average molecular weight is 135 g/mol. The molecule has 0 unspecified atom stereocenters. The summed E-state index contributed by atoms with van der Waals surface area (Å²) in [4.78, 5) is 0. The maximum atomic E-state index is 5.43. The lowest BCUT2D eigenvalue weighted by molar-refractivity contribution is 0.697. The molecular weight excluding hydrogens is 124 g/mol. The SMILES string of the molecule is Cl.NC1=CCCNC1. The second-order valence-electron chi connectivity index (χ2n) is 1.74. The first-order valence-electron chi connectivity index (χ1n) is 2.55. The Morgan fingerprint density at radius 2 is 2.38 bits per heavy atom. The first-order valence-corrected chi connectivity index (χ1v) is 2.55. The highest BCUT2D eigenvalue weighted by Gasteiger charge is 1.94. The Balaban J connectivity index is 0.000000490. The van der Waals surface area contributed by atoms with E-state index in [4.69, 9.17) is 5.73 Å². The Hall–Kier alpha value is -0.210. The third kappa shape index (κ3) is 2.19. The summed E-state index contributed by atoms with van der Waals surface area (Å²) in [5.41, 5.74) is 6.41. The summed E-state index contributed by atoms with van der Waals surface area (Å²) in [7, 11) is 0. The van der Waals surface area contributed by atoms with Gasteiger partial charge in [-0.05, 0) is 13.0 Å². The standard InChI is InChI=1S/C5H10N2.ClH/c6-5-2-1-3-7-4-5;/h2,7H,1,3-4,6H2;1H. The van der Waals surface area contributed by atoms with Gasteiger partial charge in [-0.25, -0.2) is 0 Å². The van der Waals surface area contributed by atoms with Crippen molar-refractivity contribution in [2.75, 3.05) is 13.1 Å². The summed E-state index contributed by atoms with van der Waals surface area (Å²) in [5, 5.41) is 3.14. The fourth-order valence-corrected chi connectivity index (χ4v) is 0.665. The van der Waals surface area contributed by atoms with Gasteiger partial charge in [-0.3, -0.25) is 0 Å². The van der Waals surface area contributed by atoms with Gasteiger partial charge >= 0.3 is 0 Å². The van der Waals surface area contributed by atoms with Crippen molar-refractivity contribution in [3.8, 4) is 0 Å². The van der Waals surface area contributed by atoms with Crippen molar-refractivity contribution in [2.45, 2.75) is 6.42 Å². The first kappa shape index (κ1) is 7.79. The molecule has 48 valence electrons. The predicted octanol–water partition coefficient (Wildman–Crippen LogP) is 0.244. The molecule has 1 aliphatic heterocycles. The molecule has 0 amide bonds. The van der Waals surface area contributed by atoms with Gasteiger partial charge in [-0.15, -0.1) is 12.4 Å². The fraction of sp³-hybridized carbons (Fsp3) is 0.600. The minimum absolute atomic E-state index is 0. The molecule has 0 radical (unpaired) electrons. The minimum Gasteiger partial charge on any atom is -0.401 e. The summed E-state index contributed by atoms with van der Waals surface area (Å²) in [6, 6.07) is 0. The molecule has 3 N–H and O–H groups in total. The molecular formula is C5H11ClN2. The van der Waals surface area contributed by atoms with Crippen molar-refractivity contribution in [3.63, 3.8) is 0 Å². The van der Waals surface area contributed by atoms with Crippen LogP contribution in [0.5, 0.6) is 0 Å². The molecule has 0 aromatic carbocycles. The molecule has 2 nitrogen and oxygen atoms in total. The molecule has 1 aliphatic rings. The molecule has 0 aromatic heterocycles. The molecule has 0 saturated carbocycles. The predicted molar refractivity (Wildman–Crippen MR) is 37.0 cm³/mol.